The predicted octanol–water partition coefficient (Wildman–Crippen LogP) is 4.31. The number of benzene rings is 2. The highest BCUT2D eigenvalue weighted by atomic mass is 16.1. The van der Waals surface area contributed by atoms with Gasteiger partial charge < -0.3 is 0 Å². The average Bonchev–Trinajstić information content (AvgIpc) is 2.35. The third-order valence-electron chi connectivity index (χ3n) is 4.21. The second-order valence-electron chi connectivity index (χ2n) is 5.36. The molecule has 0 N–H and O–H groups in total. The summed E-state index contributed by atoms with van der Waals surface area (Å²) in [5.41, 5.74) is 1.16. The number of ketones is 1. The highest BCUT2D eigenvalue weighted by Gasteiger charge is 2.29. The van der Waals surface area contributed by atoms with Crippen LogP contribution in [0.1, 0.15) is 37.7 Å². The smallest absolute Gasteiger partial charge is 0.143 e. The minimum Gasteiger partial charge on any atom is -0.299 e. The van der Waals surface area contributed by atoms with Gasteiger partial charge >= 0.3 is 0 Å². The van der Waals surface area contributed by atoms with Gasteiger partial charge in [-0.15, -0.1) is 0 Å². The molecular weight excluding hydrogens is 220 g/mol. The molecular formula is C17H18O. The number of carbonyl (C=O) groups is 1. The van der Waals surface area contributed by atoms with Crippen LogP contribution in [0.5, 0.6) is 0 Å². The fourth-order valence-corrected chi connectivity index (χ4v) is 2.69. The van der Waals surface area contributed by atoms with Gasteiger partial charge in [0.05, 0.1) is 0 Å². The number of fused-ring (bicyclic) bond motifs is 1. The first-order valence-corrected chi connectivity index (χ1v) is 6.78. The average molecular weight is 238 g/mol. The highest BCUT2D eigenvalue weighted by Crippen LogP contribution is 2.33. The molecule has 1 nitrogen and oxygen atoms in total. The maximum absolute atomic E-state index is 12.3. The van der Waals surface area contributed by atoms with Crippen LogP contribution in [0.2, 0.25) is 0 Å². The van der Waals surface area contributed by atoms with Crippen LogP contribution in [-0.2, 0) is 4.79 Å². The number of hydrogen-bond donors (Lipinski definition) is 0. The minimum atomic E-state index is 0.0416. The fourth-order valence-electron chi connectivity index (χ4n) is 2.69. The molecule has 0 aromatic heterocycles. The molecule has 2 aromatic rings. The van der Waals surface area contributed by atoms with Gasteiger partial charge in [-0.1, -0.05) is 55.8 Å². The van der Waals surface area contributed by atoms with Gasteiger partial charge in [0.25, 0.3) is 0 Å². The lowest BCUT2D eigenvalue weighted by atomic mass is 9.76. The summed E-state index contributed by atoms with van der Waals surface area (Å²) in [6.45, 7) is 2.05. The summed E-state index contributed by atoms with van der Waals surface area (Å²) in [6.07, 6.45) is 3.41. The van der Waals surface area contributed by atoms with Crippen LogP contribution in [0.15, 0.2) is 42.5 Å². The van der Waals surface area contributed by atoms with Gasteiger partial charge in [-0.2, -0.15) is 0 Å². The number of Topliss-reactive ketones (excluding diaryl/α,β-unsaturated/α-hetero) is 1. The van der Waals surface area contributed by atoms with Crippen molar-refractivity contribution >= 4 is 16.6 Å². The Balaban J connectivity index is 1.91. The second kappa shape index (κ2) is 4.56. The van der Waals surface area contributed by atoms with Crippen LogP contribution in [0, 0.1) is 5.92 Å². The summed E-state index contributed by atoms with van der Waals surface area (Å²) < 4.78 is 0. The van der Waals surface area contributed by atoms with Crippen molar-refractivity contribution in [3.63, 3.8) is 0 Å². The van der Waals surface area contributed by atoms with Crippen LogP contribution >= 0.6 is 0 Å². The van der Waals surface area contributed by atoms with Crippen molar-refractivity contribution < 1.29 is 4.79 Å². The monoisotopic (exact) mass is 238 g/mol. The predicted molar refractivity (Wildman–Crippen MR) is 74.7 cm³/mol. The lowest BCUT2D eigenvalue weighted by Gasteiger charge is -2.27. The van der Waals surface area contributed by atoms with Crippen molar-refractivity contribution in [1.29, 1.82) is 0 Å². The van der Waals surface area contributed by atoms with Crippen molar-refractivity contribution in [1.82, 2.24) is 0 Å². The van der Waals surface area contributed by atoms with Gasteiger partial charge in [0, 0.05) is 11.8 Å². The third kappa shape index (κ3) is 1.94. The van der Waals surface area contributed by atoms with Crippen LogP contribution < -0.4 is 0 Å². The Morgan fingerprint density at radius 2 is 1.83 bits per heavy atom. The first-order chi connectivity index (χ1) is 8.75. The molecule has 1 aliphatic carbocycles. The Labute approximate surface area is 108 Å². The van der Waals surface area contributed by atoms with Crippen LogP contribution in [0.25, 0.3) is 10.8 Å². The highest BCUT2D eigenvalue weighted by molar-refractivity contribution is 5.90. The van der Waals surface area contributed by atoms with Crippen molar-refractivity contribution in [3.05, 3.63) is 48.0 Å². The second-order valence-corrected chi connectivity index (χ2v) is 5.36. The zero-order chi connectivity index (χ0) is 12.5. The largest absolute Gasteiger partial charge is 0.299 e. The summed E-state index contributed by atoms with van der Waals surface area (Å²) in [7, 11) is 0. The standard InChI is InChI=1S/C17H18O/c1-12(17(18)14-7-4-8-14)15-10-9-13-5-2-3-6-16(13)11-15/h2-3,5-6,9-12,14H,4,7-8H2,1H3. The van der Waals surface area contributed by atoms with Crippen molar-refractivity contribution in [3.8, 4) is 0 Å². The van der Waals surface area contributed by atoms with Gasteiger partial charge in [-0.25, -0.2) is 0 Å². The number of rotatable bonds is 3. The molecule has 1 atom stereocenters. The Morgan fingerprint density at radius 1 is 1.11 bits per heavy atom. The molecule has 1 heteroatoms. The number of hydrogen-bond acceptors (Lipinski definition) is 1. The molecule has 0 heterocycles. The van der Waals surface area contributed by atoms with Crippen molar-refractivity contribution in [2.24, 2.45) is 5.92 Å². The first-order valence-electron chi connectivity index (χ1n) is 6.78. The maximum atomic E-state index is 12.3. The topological polar surface area (TPSA) is 17.1 Å². The zero-order valence-electron chi connectivity index (χ0n) is 10.7. The maximum Gasteiger partial charge on any atom is 0.143 e. The molecule has 0 spiro atoms. The molecule has 0 saturated heterocycles. The van der Waals surface area contributed by atoms with E-state index in [-0.39, 0.29) is 5.92 Å². The molecule has 1 aliphatic rings. The lowest BCUT2D eigenvalue weighted by molar-refractivity contribution is -0.126. The molecule has 0 bridgehead atoms. The van der Waals surface area contributed by atoms with Gasteiger partial charge in [0.15, 0.2) is 0 Å². The van der Waals surface area contributed by atoms with E-state index < -0.39 is 0 Å². The molecule has 1 saturated carbocycles. The SMILES string of the molecule is CC(C(=O)C1CCC1)c1ccc2ccccc2c1. The van der Waals surface area contributed by atoms with E-state index in [4.69, 9.17) is 0 Å². The van der Waals surface area contributed by atoms with E-state index in [1.807, 2.05) is 19.1 Å². The Morgan fingerprint density at radius 3 is 2.50 bits per heavy atom. The van der Waals surface area contributed by atoms with Crippen LogP contribution in [0.4, 0.5) is 0 Å². The molecule has 0 radical (unpaired) electrons. The van der Waals surface area contributed by atoms with E-state index in [0.29, 0.717) is 11.7 Å². The quantitative estimate of drug-likeness (QED) is 0.778. The molecule has 92 valence electrons. The minimum absolute atomic E-state index is 0.0416. The molecule has 0 amide bonds. The molecule has 3 rings (SSSR count). The van der Waals surface area contributed by atoms with Gasteiger partial charge in [-0.05, 0) is 29.2 Å². The Kier molecular flexibility index (Phi) is 2.91. The Bertz CT molecular complexity index is 581. The summed E-state index contributed by atoms with van der Waals surface area (Å²) in [6, 6.07) is 14.7. The van der Waals surface area contributed by atoms with Gasteiger partial charge in [0.2, 0.25) is 0 Å². The van der Waals surface area contributed by atoms with E-state index in [2.05, 4.69) is 30.3 Å². The van der Waals surface area contributed by atoms with Crippen molar-refractivity contribution in [2.45, 2.75) is 32.1 Å². The Hall–Kier alpha value is -1.63. The molecule has 0 aliphatic heterocycles. The summed E-state index contributed by atoms with van der Waals surface area (Å²) >= 11 is 0. The van der Waals surface area contributed by atoms with E-state index in [0.717, 1.165) is 18.4 Å². The summed E-state index contributed by atoms with van der Waals surface area (Å²) in [4.78, 5) is 12.3. The fraction of sp³-hybridized carbons (Fsp3) is 0.353. The molecule has 2 aromatic carbocycles. The number of carbonyl (C=O) groups excluding carboxylic acids is 1. The molecule has 18 heavy (non-hydrogen) atoms. The van der Waals surface area contributed by atoms with E-state index >= 15 is 0 Å². The van der Waals surface area contributed by atoms with Gasteiger partial charge in [-0.3, -0.25) is 4.79 Å². The summed E-state index contributed by atoms with van der Waals surface area (Å²) in [5, 5.41) is 2.47. The lowest BCUT2D eigenvalue weighted by Crippen LogP contribution is -2.26. The van der Waals surface area contributed by atoms with Crippen LogP contribution in [0.3, 0.4) is 0 Å². The summed E-state index contributed by atoms with van der Waals surface area (Å²) in [5.74, 6) is 0.794. The third-order valence-corrected chi connectivity index (χ3v) is 4.21. The van der Waals surface area contributed by atoms with Crippen molar-refractivity contribution in [2.75, 3.05) is 0 Å². The van der Waals surface area contributed by atoms with E-state index in [1.165, 1.54) is 17.2 Å². The van der Waals surface area contributed by atoms with E-state index in [1.54, 1.807) is 0 Å². The van der Waals surface area contributed by atoms with Gasteiger partial charge in [0.1, 0.15) is 5.78 Å². The molecule has 1 fully saturated rings. The molecule has 1 unspecified atom stereocenters. The normalized spacial score (nSPS) is 17.4. The van der Waals surface area contributed by atoms with Crippen LogP contribution in [-0.4, -0.2) is 5.78 Å². The van der Waals surface area contributed by atoms with E-state index in [9.17, 15) is 4.79 Å². The zero-order valence-corrected chi connectivity index (χ0v) is 10.7. The first kappa shape index (κ1) is 11.5.